The minimum Gasteiger partial charge on any atom is -0.467 e. The van der Waals surface area contributed by atoms with Gasteiger partial charge in [0.25, 0.3) is 5.91 Å². The van der Waals surface area contributed by atoms with Crippen molar-refractivity contribution in [3.8, 4) is 5.69 Å². The Bertz CT molecular complexity index is 887. The van der Waals surface area contributed by atoms with Crippen LogP contribution in [-0.2, 0) is 15.7 Å². The molecule has 2 aromatic rings. The van der Waals surface area contributed by atoms with Gasteiger partial charge in [0.1, 0.15) is 5.54 Å². The highest BCUT2D eigenvalue weighted by atomic mass is 19.4. The minimum atomic E-state index is -4.58. The number of carbonyl (C=O) groups excluding carboxylic acids is 2. The SMILES string of the molecule is COC(=O)C1(NC(=O)c2cn(-c3ccccc3C(F)(F)F)nn2)CCCCCC1. The molecule has 0 saturated heterocycles. The van der Waals surface area contributed by atoms with Crippen LogP contribution in [0.15, 0.2) is 30.5 Å². The van der Waals surface area contributed by atoms with Crippen LogP contribution in [0.5, 0.6) is 0 Å². The summed E-state index contributed by atoms with van der Waals surface area (Å²) in [6.45, 7) is 0. The highest BCUT2D eigenvalue weighted by Gasteiger charge is 2.42. The normalized spacial score (nSPS) is 16.7. The lowest BCUT2D eigenvalue weighted by Crippen LogP contribution is -2.54. The molecule has 29 heavy (non-hydrogen) atoms. The molecule has 0 atom stereocenters. The molecule has 1 aliphatic carbocycles. The molecule has 1 amide bonds. The molecule has 1 saturated carbocycles. The van der Waals surface area contributed by atoms with Crippen LogP contribution in [0, 0.1) is 0 Å². The van der Waals surface area contributed by atoms with Crippen molar-refractivity contribution in [1.82, 2.24) is 20.3 Å². The van der Waals surface area contributed by atoms with E-state index in [1.807, 2.05) is 0 Å². The fraction of sp³-hybridized carbons (Fsp3) is 0.474. The molecule has 0 aliphatic heterocycles. The highest BCUT2D eigenvalue weighted by molar-refractivity contribution is 5.96. The van der Waals surface area contributed by atoms with Crippen molar-refractivity contribution in [3.63, 3.8) is 0 Å². The average molecular weight is 410 g/mol. The molecule has 7 nitrogen and oxygen atoms in total. The second kappa shape index (κ2) is 8.22. The molecular formula is C19H21F3N4O3. The van der Waals surface area contributed by atoms with Crippen molar-refractivity contribution in [2.24, 2.45) is 0 Å². The lowest BCUT2D eigenvalue weighted by Gasteiger charge is -2.30. The first-order chi connectivity index (χ1) is 13.8. The van der Waals surface area contributed by atoms with Crippen LogP contribution in [0.2, 0.25) is 0 Å². The number of methoxy groups -OCH3 is 1. The molecule has 0 spiro atoms. The number of hydrogen-bond acceptors (Lipinski definition) is 5. The topological polar surface area (TPSA) is 86.1 Å². The molecular weight excluding hydrogens is 389 g/mol. The van der Waals surface area contributed by atoms with E-state index in [9.17, 15) is 22.8 Å². The largest absolute Gasteiger partial charge is 0.467 e. The Morgan fingerprint density at radius 2 is 1.79 bits per heavy atom. The number of halogens is 3. The summed E-state index contributed by atoms with van der Waals surface area (Å²) in [6.07, 6.45) is 0.773. The zero-order valence-corrected chi connectivity index (χ0v) is 15.8. The van der Waals surface area contributed by atoms with E-state index in [2.05, 4.69) is 15.6 Å². The van der Waals surface area contributed by atoms with Crippen LogP contribution >= 0.6 is 0 Å². The zero-order chi connectivity index (χ0) is 21.1. The van der Waals surface area contributed by atoms with Gasteiger partial charge in [0.15, 0.2) is 5.69 Å². The van der Waals surface area contributed by atoms with Crippen LogP contribution in [0.4, 0.5) is 13.2 Å². The first kappa shape index (κ1) is 20.8. The lowest BCUT2D eigenvalue weighted by atomic mass is 9.90. The third-order valence-corrected chi connectivity index (χ3v) is 5.07. The molecule has 1 aliphatic rings. The summed E-state index contributed by atoms with van der Waals surface area (Å²) in [6, 6.07) is 4.86. The fourth-order valence-electron chi connectivity index (χ4n) is 3.59. The fourth-order valence-corrected chi connectivity index (χ4v) is 3.59. The van der Waals surface area contributed by atoms with E-state index in [0.29, 0.717) is 12.8 Å². The van der Waals surface area contributed by atoms with E-state index < -0.39 is 29.2 Å². The Balaban J connectivity index is 1.87. The summed E-state index contributed by atoms with van der Waals surface area (Å²) < 4.78 is 45.5. The summed E-state index contributed by atoms with van der Waals surface area (Å²) in [4.78, 5) is 25.1. The Labute approximate surface area is 165 Å². The van der Waals surface area contributed by atoms with Gasteiger partial charge in [-0.15, -0.1) is 5.10 Å². The Morgan fingerprint density at radius 3 is 2.41 bits per heavy atom. The molecule has 0 bridgehead atoms. The van der Waals surface area contributed by atoms with Crippen molar-refractivity contribution in [3.05, 3.63) is 41.7 Å². The van der Waals surface area contributed by atoms with Gasteiger partial charge in [-0.05, 0) is 25.0 Å². The molecule has 0 radical (unpaired) electrons. The summed E-state index contributed by atoms with van der Waals surface area (Å²) in [5, 5.41) is 10.1. The van der Waals surface area contributed by atoms with Crippen molar-refractivity contribution in [2.45, 2.75) is 50.2 Å². The van der Waals surface area contributed by atoms with Gasteiger partial charge in [-0.2, -0.15) is 13.2 Å². The number of nitrogens with one attached hydrogen (secondary N) is 1. The molecule has 3 rings (SSSR count). The van der Waals surface area contributed by atoms with Gasteiger partial charge in [-0.3, -0.25) is 4.79 Å². The smallest absolute Gasteiger partial charge is 0.418 e. The van der Waals surface area contributed by atoms with Crippen molar-refractivity contribution >= 4 is 11.9 Å². The molecule has 1 heterocycles. The van der Waals surface area contributed by atoms with Gasteiger partial charge < -0.3 is 10.1 Å². The zero-order valence-electron chi connectivity index (χ0n) is 15.8. The minimum absolute atomic E-state index is 0.186. The number of aromatic nitrogens is 3. The maximum Gasteiger partial charge on any atom is 0.418 e. The van der Waals surface area contributed by atoms with Crippen molar-refractivity contribution in [2.75, 3.05) is 7.11 Å². The van der Waals surface area contributed by atoms with Gasteiger partial charge in [-0.1, -0.05) is 43.0 Å². The van der Waals surface area contributed by atoms with E-state index in [4.69, 9.17) is 4.74 Å². The average Bonchev–Trinajstić information content (AvgIpc) is 3.07. The van der Waals surface area contributed by atoms with Gasteiger partial charge in [0.05, 0.1) is 24.6 Å². The predicted octanol–water partition coefficient (Wildman–Crippen LogP) is 3.28. The third-order valence-electron chi connectivity index (χ3n) is 5.07. The summed E-state index contributed by atoms with van der Waals surface area (Å²) in [5.41, 5.74) is -2.50. The number of carbonyl (C=O) groups is 2. The molecule has 1 aromatic heterocycles. The van der Waals surface area contributed by atoms with E-state index in [1.165, 1.54) is 25.3 Å². The third kappa shape index (κ3) is 4.41. The first-order valence-corrected chi connectivity index (χ1v) is 9.27. The number of nitrogens with zero attached hydrogens (tertiary/aromatic N) is 3. The number of alkyl halides is 3. The van der Waals surface area contributed by atoms with Gasteiger partial charge in [0, 0.05) is 0 Å². The molecule has 1 fully saturated rings. The van der Waals surface area contributed by atoms with Crippen molar-refractivity contribution < 1.29 is 27.5 Å². The van der Waals surface area contributed by atoms with Crippen LogP contribution < -0.4 is 5.32 Å². The second-order valence-electron chi connectivity index (χ2n) is 7.01. The predicted molar refractivity (Wildman–Crippen MR) is 96.3 cm³/mol. The highest BCUT2D eigenvalue weighted by Crippen LogP contribution is 2.33. The number of amides is 1. The van der Waals surface area contributed by atoms with Gasteiger partial charge >= 0.3 is 12.1 Å². The van der Waals surface area contributed by atoms with Crippen molar-refractivity contribution in [1.29, 1.82) is 0 Å². The van der Waals surface area contributed by atoms with Crippen LogP contribution in [0.1, 0.15) is 54.6 Å². The van der Waals surface area contributed by atoms with Gasteiger partial charge in [0.2, 0.25) is 0 Å². The molecule has 0 unspecified atom stereocenters. The van der Waals surface area contributed by atoms with E-state index in [1.54, 1.807) is 0 Å². The number of ether oxygens (including phenoxy) is 1. The van der Waals surface area contributed by atoms with E-state index in [-0.39, 0.29) is 11.4 Å². The van der Waals surface area contributed by atoms with Crippen LogP contribution in [0.3, 0.4) is 0 Å². The van der Waals surface area contributed by atoms with Gasteiger partial charge in [-0.25, -0.2) is 9.48 Å². The summed E-state index contributed by atoms with van der Waals surface area (Å²) in [5.74, 6) is -1.23. The Hall–Kier alpha value is -2.91. The molecule has 10 heteroatoms. The molecule has 1 aromatic carbocycles. The number of benzene rings is 1. The maximum absolute atomic E-state index is 13.2. The second-order valence-corrected chi connectivity index (χ2v) is 7.01. The summed E-state index contributed by atoms with van der Waals surface area (Å²) >= 11 is 0. The Kier molecular flexibility index (Phi) is 5.90. The number of esters is 1. The number of hydrogen-bond donors (Lipinski definition) is 1. The van der Waals surface area contributed by atoms with Crippen LogP contribution in [-0.4, -0.2) is 39.5 Å². The maximum atomic E-state index is 13.2. The standard InChI is InChI=1S/C19H21F3N4O3/c1-29-17(28)18(10-6-2-3-7-11-18)23-16(27)14-12-26(25-24-14)15-9-5-4-8-13(15)19(20,21)22/h4-5,8-9,12H,2-3,6-7,10-11H2,1H3,(H,23,27). The molecule has 1 N–H and O–H groups in total. The van der Waals surface area contributed by atoms with E-state index in [0.717, 1.165) is 42.6 Å². The summed E-state index contributed by atoms with van der Waals surface area (Å²) in [7, 11) is 1.26. The van der Waals surface area contributed by atoms with E-state index >= 15 is 0 Å². The Morgan fingerprint density at radius 1 is 1.14 bits per heavy atom. The molecule has 156 valence electrons. The number of para-hydroxylation sites is 1. The number of rotatable bonds is 4. The first-order valence-electron chi connectivity index (χ1n) is 9.27. The lowest BCUT2D eigenvalue weighted by molar-refractivity contribution is -0.149. The monoisotopic (exact) mass is 410 g/mol. The quantitative estimate of drug-likeness (QED) is 0.618. The van der Waals surface area contributed by atoms with Crippen LogP contribution in [0.25, 0.3) is 5.69 Å².